The second-order valence-electron chi connectivity index (χ2n) is 25.1. The van der Waals surface area contributed by atoms with E-state index in [1.54, 1.807) is 52.8 Å². The lowest BCUT2D eigenvalue weighted by molar-refractivity contribution is -0.144. The van der Waals surface area contributed by atoms with Crippen LogP contribution in [0.3, 0.4) is 0 Å². The summed E-state index contributed by atoms with van der Waals surface area (Å²) in [5, 5.41) is 47.4. The third kappa shape index (κ3) is 17.4. The molecule has 2 aromatic carbocycles. The molecule has 2 bridgehead atoms. The number of nitrogens with zero attached hydrogens (tertiary/aromatic N) is 2. The maximum Gasteiger partial charge on any atom is 0.248 e. The number of imide groups is 1. The van der Waals surface area contributed by atoms with Gasteiger partial charge in [0.1, 0.15) is 53.8 Å². The van der Waals surface area contributed by atoms with Crippen LogP contribution in [0, 0.1) is 23.7 Å². The lowest BCUT2D eigenvalue weighted by atomic mass is 9.93. The zero-order valence-corrected chi connectivity index (χ0v) is 54.7. The van der Waals surface area contributed by atoms with E-state index in [9.17, 15) is 77.1 Å². The molecule has 34 heteroatoms. The van der Waals surface area contributed by atoms with Crippen LogP contribution in [0.15, 0.2) is 47.5 Å². The summed E-state index contributed by atoms with van der Waals surface area (Å²) in [6, 6.07) is -2.39. The average Bonchev–Trinajstić information content (AvgIpc) is 1.62. The molecule has 1 aromatic heterocycles. The molecule has 520 valence electrons. The van der Waals surface area contributed by atoms with Crippen molar-refractivity contribution in [2.75, 3.05) is 43.9 Å². The highest BCUT2D eigenvalue weighted by Gasteiger charge is 2.47. The van der Waals surface area contributed by atoms with Crippen LogP contribution in [0.25, 0.3) is 10.9 Å². The molecule has 15 atom stereocenters. The molecule has 0 spiro atoms. The van der Waals surface area contributed by atoms with E-state index in [0.717, 1.165) is 9.80 Å². The Kier molecular flexibility index (Phi) is 23.8. The lowest BCUT2D eigenvalue weighted by Gasteiger charge is -2.33. The van der Waals surface area contributed by atoms with Gasteiger partial charge in [-0.3, -0.25) is 72.0 Å². The van der Waals surface area contributed by atoms with Gasteiger partial charge in [0, 0.05) is 90.1 Å². The van der Waals surface area contributed by atoms with Crippen molar-refractivity contribution in [1.82, 2.24) is 62.6 Å². The van der Waals surface area contributed by atoms with Crippen molar-refractivity contribution in [3.63, 3.8) is 0 Å². The van der Waals surface area contributed by atoms with Crippen molar-refractivity contribution in [3.8, 4) is 5.75 Å². The van der Waals surface area contributed by atoms with Crippen molar-refractivity contribution < 1.29 is 91.4 Å². The molecule has 5 aliphatic rings. The SMILES string of the molecule is CC[C@H](C)[C@@H]1NC(=O)CNC(=O)[C@@H]2Cc3c([nH]c4cc(O)ccc34)[S@+]([O-])CC(NC(=O)CNC1=O)C(=O)N[C@@H](CC(N)=O)C(=O)N1CC(O)C[C@H]1C(=O)N[C@@H]([C@@H](C)[C@@H]1COC(c3ccccc3NC(=O)[C@H](C)NC(=O)C(NC(=O)CCN3C(=O)CC(C)C3=O)C(C)C)O1)C(=O)N2. The van der Waals surface area contributed by atoms with Crippen LogP contribution in [-0.4, -0.2) is 211 Å². The molecule has 14 amide bonds. The van der Waals surface area contributed by atoms with E-state index in [4.69, 9.17) is 15.2 Å². The van der Waals surface area contributed by atoms with Gasteiger partial charge in [-0.15, -0.1) is 0 Å². The minimum atomic E-state index is -2.45. The number of aromatic amines is 1. The molecule has 33 nitrogen and oxygen atoms in total. The Morgan fingerprint density at radius 1 is 0.792 bits per heavy atom. The first-order chi connectivity index (χ1) is 45.4. The number of phenolic OH excluding ortho intramolecular Hbond substituents is 1. The summed E-state index contributed by atoms with van der Waals surface area (Å²) < 4.78 is 27.6. The van der Waals surface area contributed by atoms with Crippen molar-refractivity contribution in [2.24, 2.45) is 29.4 Å². The lowest BCUT2D eigenvalue weighted by Crippen LogP contribution is -2.62. The van der Waals surface area contributed by atoms with Crippen LogP contribution in [0.1, 0.15) is 98.0 Å². The molecule has 3 fully saturated rings. The number of amides is 14. The molecular formula is C62H82N14O19S. The number of para-hydroxylation sites is 1. The maximum absolute atomic E-state index is 15.4. The number of nitrogens with one attached hydrogen (secondary N) is 11. The van der Waals surface area contributed by atoms with Gasteiger partial charge in [0.25, 0.3) is 0 Å². The van der Waals surface area contributed by atoms with Gasteiger partial charge in [0.2, 0.25) is 87.7 Å². The minimum Gasteiger partial charge on any atom is -0.610 e. The Morgan fingerprint density at radius 3 is 2.17 bits per heavy atom. The zero-order valence-electron chi connectivity index (χ0n) is 53.9. The molecule has 8 rings (SSSR count). The van der Waals surface area contributed by atoms with Gasteiger partial charge in [-0.05, 0) is 37.0 Å². The number of fused-ring (bicyclic) bond motifs is 5. The number of benzene rings is 2. The first-order valence-electron chi connectivity index (χ1n) is 31.6. The molecule has 3 saturated heterocycles. The van der Waals surface area contributed by atoms with Crippen LogP contribution < -0.4 is 58.9 Å². The van der Waals surface area contributed by atoms with Crippen LogP contribution >= 0.6 is 0 Å². The van der Waals surface area contributed by atoms with Crippen molar-refractivity contribution in [3.05, 3.63) is 53.6 Å². The van der Waals surface area contributed by atoms with E-state index >= 15 is 4.79 Å². The quantitative estimate of drug-likeness (QED) is 0.0483. The highest BCUT2D eigenvalue weighted by Crippen LogP contribution is 2.36. The second kappa shape index (κ2) is 31.5. The summed E-state index contributed by atoms with van der Waals surface area (Å²) in [6.07, 6.45) is -5.70. The standard InChI is InChI=1S/C62H82N14O19S/c1-8-28(4)50-56(88)65-22-46(81)67-41-26-96(93)59-36(34-14-13-32(77)18-38(34)71-59)20-39(53(85)64-23-47(82)73-50)69-58(90)51(74-55(87)42-19-33(78)24-76(42)61(92)40(21-44(63)79)70-54(41)86)30(6)43-25-94-62(95-43)35-11-9-10-12-37(35)68-52(84)31(7)66-57(89)49(27(2)3)72-45(80)15-16-75-48(83)17-29(5)60(75)91/h9-14,18,27-31,33,39-43,49-51,62,71,77-78H,8,15-17,19-26H2,1-7H3,(H2,63,79)(H,64,85)(H,65,88)(H,66,89)(H,67,81)(H,68,84)(H,69,90)(H,70,86)(H,72,80)(H,73,82)(H,74,87)/t28-,29?,30-,31-,33?,39-,40-,41?,42-,43-,49?,50-,51-,62?,96+/m0/s1. The van der Waals surface area contributed by atoms with E-state index < -0.39 is 229 Å². The fourth-order valence-electron chi connectivity index (χ4n) is 11.9. The van der Waals surface area contributed by atoms with Gasteiger partial charge in [-0.1, -0.05) is 66.2 Å². The number of carbonyl (C=O) groups excluding carboxylic acids is 14. The monoisotopic (exact) mass is 1360 g/mol. The number of hydrogen-bond acceptors (Lipinski definition) is 19. The van der Waals surface area contributed by atoms with Crippen molar-refractivity contribution >= 4 is 110 Å². The van der Waals surface area contributed by atoms with E-state index in [0.29, 0.717) is 6.42 Å². The zero-order chi connectivity index (χ0) is 70.1. The molecule has 0 aliphatic carbocycles. The van der Waals surface area contributed by atoms with Crippen LogP contribution in [0.4, 0.5) is 5.69 Å². The summed E-state index contributed by atoms with van der Waals surface area (Å²) in [6.45, 7) is 8.57. The summed E-state index contributed by atoms with van der Waals surface area (Å²) in [7, 11) is 0. The van der Waals surface area contributed by atoms with Gasteiger partial charge in [0.15, 0.2) is 12.3 Å². The van der Waals surface area contributed by atoms with Gasteiger partial charge in [-0.25, -0.2) is 0 Å². The van der Waals surface area contributed by atoms with Crippen LogP contribution in [-0.2, 0) is 94.2 Å². The summed E-state index contributed by atoms with van der Waals surface area (Å²) >= 11 is -2.45. The normalized spacial score (nSPS) is 27.2. The van der Waals surface area contributed by atoms with Gasteiger partial charge < -0.3 is 93.0 Å². The van der Waals surface area contributed by atoms with E-state index in [1.165, 1.54) is 38.1 Å². The number of carbonyl (C=O) groups is 14. The number of aromatic nitrogens is 1. The molecule has 15 N–H and O–H groups in total. The van der Waals surface area contributed by atoms with E-state index in [1.807, 2.05) is 0 Å². The van der Waals surface area contributed by atoms with Gasteiger partial charge >= 0.3 is 0 Å². The third-order valence-electron chi connectivity index (χ3n) is 17.6. The molecule has 96 heavy (non-hydrogen) atoms. The Morgan fingerprint density at radius 2 is 1.49 bits per heavy atom. The number of hydrogen-bond donors (Lipinski definition) is 14. The summed E-state index contributed by atoms with van der Waals surface area (Å²) in [5.74, 6) is -16.0. The smallest absolute Gasteiger partial charge is 0.248 e. The second-order valence-corrected chi connectivity index (χ2v) is 26.5. The predicted molar refractivity (Wildman–Crippen MR) is 337 cm³/mol. The Hall–Kier alpha value is -9.25. The van der Waals surface area contributed by atoms with Crippen LogP contribution in [0.5, 0.6) is 5.75 Å². The highest BCUT2D eigenvalue weighted by atomic mass is 32.2. The fraction of sp³-hybridized carbons (Fsp3) is 0.548. The minimum absolute atomic E-state index is 0.0328. The fourth-order valence-corrected chi connectivity index (χ4v) is 13.3. The number of ether oxygens (including phenoxy) is 2. The van der Waals surface area contributed by atoms with Crippen molar-refractivity contribution in [2.45, 2.75) is 159 Å². The highest BCUT2D eigenvalue weighted by molar-refractivity contribution is 7.91. The third-order valence-corrected chi connectivity index (χ3v) is 19.0. The number of phenols is 1. The molecule has 6 heterocycles. The molecule has 5 unspecified atom stereocenters. The van der Waals surface area contributed by atoms with E-state index in [2.05, 4.69) is 58.2 Å². The van der Waals surface area contributed by atoms with E-state index in [-0.39, 0.29) is 64.5 Å². The number of likely N-dealkylation sites (tertiary alicyclic amines) is 1. The largest absolute Gasteiger partial charge is 0.610 e. The number of aliphatic hydroxyl groups is 1. The average molecular weight is 1360 g/mol. The number of nitrogens with two attached hydrogens (primary N) is 1. The topological polar surface area (TPSA) is 490 Å². The number of H-pyrrole nitrogens is 1. The number of anilines is 1. The predicted octanol–water partition coefficient (Wildman–Crippen LogP) is -3.79. The number of aliphatic hydroxyl groups excluding tert-OH is 1. The van der Waals surface area contributed by atoms with Crippen LogP contribution in [0.2, 0.25) is 0 Å². The summed E-state index contributed by atoms with van der Waals surface area (Å²) in [4.78, 5) is 199. The molecule has 5 aliphatic heterocycles. The van der Waals surface area contributed by atoms with Crippen molar-refractivity contribution in [1.29, 1.82) is 0 Å². The first kappa shape index (κ1) is 72.6. The molecular weight excluding hydrogens is 1280 g/mol. The number of rotatable bonds is 16. The van der Waals surface area contributed by atoms with Gasteiger partial charge in [-0.2, -0.15) is 0 Å². The Labute approximate surface area is 553 Å². The number of aromatic hydroxyl groups is 1. The maximum atomic E-state index is 15.4. The van der Waals surface area contributed by atoms with Gasteiger partial charge in [0.05, 0.1) is 43.8 Å². The number of primary amides is 1. The molecule has 0 saturated carbocycles. The molecule has 0 radical (unpaired) electrons. The first-order valence-corrected chi connectivity index (χ1v) is 32.9. The Bertz CT molecular complexity index is 3550. The summed E-state index contributed by atoms with van der Waals surface area (Å²) in [5.41, 5.74) is 6.20. The molecule has 3 aromatic rings. The Balaban J connectivity index is 1.11.